The van der Waals surface area contributed by atoms with Crippen LogP contribution in [-0.4, -0.2) is 33.2 Å². The maximum absolute atomic E-state index is 13.0. The molecule has 0 saturated heterocycles. The number of halogens is 2. The van der Waals surface area contributed by atoms with Gasteiger partial charge in [0.15, 0.2) is 6.61 Å². The summed E-state index contributed by atoms with van der Waals surface area (Å²) >= 11 is 5.78. The molecule has 10 heteroatoms. The van der Waals surface area contributed by atoms with Gasteiger partial charge in [0.1, 0.15) is 5.82 Å². The Morgan fingerprint density at radius 3 is 2.58 bits per heavy atom. The van der Waals surface area contributed by atoms with Gasteiger partial charge in [0, 0.05) is 5.69 Å². The van der Waals surface area contributed by atoms with Crippen LogP contribution in [0.4, 0.5) is 15.8 Å². The molecule has 0 unspecified atom stereocenters. The van der Waals surface area contributed by atoms with Crippen LogP contribution in [0.25, 0.3) is 0 Å². The molecule has 0 fully saturated rings. The third-order valence-electron chi connectivity index (χ3n) is 2.94. The van der Waals surface area contributed by atoms with E-state index in [0.29, 0.717) is 0 Å². The molecule has 0 radical (unpaired) electrons. The molecule has 2 N–H and O–H groups in total. The van der Waals surface area contributed by atoms with E-state index in [9.17, 15) is 22.4 Å². The summed E-state index contributed by atoms with van der Waals surface area (Å²) in [5.74, 6) is -2.04. The second kappa shape index (κ2) is 8.15. The molecule has 0 aromatic heterocycles. The Labute approximate surface area is 154 Å². The second-order valence-electron chi connectivity index (χ2n) is 5.20. The number of carbonyl (C=O) groups excluding carboxylic acids is 2. The van der Waals surface area contributed by atoms with Gasteiger partial charge in [0.25, 0.3) is 5.91 Å². The highest BCUT2D eigenvalue weighted by atomic mass is 35.5. The highest BCUT2D eigenvalue weighted by molar-refractivity contribution is 7.92. The van der Waals surface area contributed by atoms with E-state index in [0.717, 1.165) is 18.4 Å². The Morgan fingerprint density at radius 2 is 1.92 bits per heavy atom. The van der Waals surface area contributed by atoms with Crippen LogP contribution in [0.5, 0.6) is 0 Å². The molecule has 138 valence electrons. The number of carbonyl (C=O) groups is 2. The number of anilines is 2. The maximum atomic E-state index is 13.0. The Kier molecular flexibility index (Phi) is 6.17. The number of nitrogens with one attached hydrogen (secondary N) is 2. The summed E-state index contributed by atoms with van der Waals surface area (Å²) in [5.41, 5.74) is 0.421. The van der Waals surface area contributed by atoms with Crippen LogP contribution in [0.15, 0.2) is 42.5 Å². The van der Waals surface area contributed by atoms with Gasteiger partial charge in [-0.05, 0) is 36.4 Å². The molecule has 0 aliphatic heterocycles. The largest absolute Gasteiger partial charge is 0.452 e. The summed E-state index contributed by atoms with van der Waals surface area (Å²) in [6.07, 6.45) is 0.975. The molecule has 0 atom stereocenters. The molecule has 2 aromatic carbocycles. The van der Waals surface area contributed by atoms with Gasteiger partial charge >= 0.3 is 5.97 Å². The van der Waals surface area contributed by atoms with E-state index in [1.165, 1.54) is 30.3 Å². The SMILES string of the molecule is CS(=O)(=O)Nc1cccc(C(=O)OCC(=O)Nc2ccc(F)cc2Cl)c1. The highest BCUT2D eigenvalue weighted by Gasteiger charge is 2.13. The Bertz CT molecular complexity index is 949. The zero-order chi connectivity index (χ0) is 19.3. The number of hydrogen-bond donors (Lipinski definition) is 2. The average Bonchev–Trinajstić information content (AvgIpc) is 2.54. The van der Waals surface area contributed by atoms with Gasteiger partial charge in [-0.1, -0.05) is 17.7 Å². The monoisotopic (exact) mass is 400 g/mol. The van der Waals surface area contributed by atoms with Crippen LogP contribution in [-0.2, 0) is 19.6 Å². The maximum Gasteiger partial charge on any atom is 0.338 e. The zero-order valence-corrected chi connectivity index (χ0v) is 15.0. The van der Waals surface area contributed by atoms with Gasteiger partial charge in [-0.2, -0.15) is 0 Å². The topological polar surface area (TPSA) is 102 Å². The summed E-state index contributed by atoms with van der Waals surface area (Å²) in [6.45, 7) is -0.601. The summed E-state index contributed by atoms with van der Waals surface area (Å²) in [7, 11) is -3.49. The van der Waals surface area contributed by atoms with Crippen LogP contribution in [0.3, 0.4) is 0 Å². The normalized spacial score (nSPS) is 10.9. The van der Waals surface area contributed by atoms with E-state index in [-0.39, 0.29) is 22.0 Å². The minimum atomic E-state index is -3.49. The number of ether oxygens (including phenoxy) is 1. The fraction of sp³-hybridized carbons (Fsp3) is 0.125. The van der Waals surface area contributed by atoms with Crippen molar-refractivity contribution in [3.05, 3.63) is 58.9 Å². The molecule has 0 bridgehead atoms. The highest BCUT2D eigenvalue weighted by Crippen LogP contribution is 2.22. The van der Waals surface area contributed by atoms with Crippen molar-refractivity contribution in [1.82, 2.24) is 0 Å². The lowest BCUT2D eigenvalue weighted by Gasteiger charge is -2.09. The van der Waals surface area contributed by atoms with Crippen molar-refractivity contribution in [2.24, 2.45) is 0 Å². The lowest BCUT2D eigenvalue weighted by molar-refractivity contribution is -0.119. The molecule has 0 aliphatic rings. The van der Waals surface area contributed by atoms with Crippen molar-refractivity contribution in [2.45, 2.75) is 0 Å². The quantitative estimate of drug-likeness (QED) is 0.726. The number of hydrogen-bond acceptors (Lipinski definition) is 5. The van der Waals surface area contributed by atoms with Gasteiger partial charge in [-0.25, -0.2) is 17.6 Å². The lowest BCUT2D eigenvalue weighted by atomic mass is 10.2. The first-order valence-electron chi connectivity index (χ1n) is 7.14. The molecule has 2 rings (SSSR count). The Hall–Kier alpha value is -2.65. The molecular formula is C16H14ClFN2O5S. The van der Waals surface area contributed by atoms with Gasteiger partial charge in [0.2, 0.25) is 10.0 Å². The lowest BCUT2D eigenvalue weighted by Crippen LogP contribution is -2.21. The van der Waals surface area contributed by atoms with Crippen LogP contribution in [0, 0.1) is 5.82 Å². The van der Waals surface area contributed by atoms with Crippen molar-refractivity contribution in [2.75, 3.05) is 22.9 Å². The molecule has 7 nitrogen and oxygen atoms in total. The molecule has 0 spiro atoms. The van der Waals surface area contributed by atoms with Crippen molar-refractivity contribution < 1.29 is 27.1 Å². The van der Waals surface area contributed by atoms with Crippen molar-refractivity contribution in [3.63, 3.8) is 0 Å². The van der Waals surface area contributed by atoms with Gasteiger partial charge < -0.3 is 10.1 Å². The number of rotatable bonds is 6. The predicted octanol–water partition coefficient (Wildman–Crippen LogP) is 2.65. The average molecular weight is 401 g/mol. The third kappa shape index (κ3) is 6.01. The first-order chi connectivity index (χ1) is 12.1. The number of amides is 1. The number of benzene rings is 2. The summed E-state index contributed by atoms with van der Waals surface area (Å²) in [4.78, 5) is 23.8. The summed E-state index contributed by atoms with van der Waals surface area (Å²) in [6, 6.07) is 9.03. The van der Waals surface area contributed by atoms with E-state index in [1.54, 1.807) is 0 Å². The van der Waals surface area contributed by atoms with Crippen LogP contribution in [0.1, 0.15) is 10.4 Å². The van der Waals surface area contributed by atoms with E-state index in [2.05, 4.69) is 10.0 Å². The fourth-order valence-electron chi connectivity index (χ4n) is 1.92. The minimum absolute atomic E-state index is 0.00391. The number of sulfonamides is 1. The summed E-state index contributed by atoms with van der Waals surface area (Å²) in [5, 5.41) is 2.38. The number of esters is 1. The van der Waals surface area contributed by atoms with E-state index in [4.69, 9.17) is 16.3 Å². The summed E-state index contributed by atoms with van der Waals surface area (Å²) < 4.78 is 42.5. The van der Waals surface area contributed by atoms with Gasteiger partial charge in [0.05, 0.1) is 22.5 Å². The van der Waals surface area contributed by atoms with Gasteiger partial charge in [-0.15, -0.1) is 0 Å². The Balaban J connectivity index is 1.95. The predicted molar refractivity (Wildman–Crippen MR) is 95.2 cm³/mol. The van der Waals surface area contributed by atoms with Crippen LogP contribution in [0.2, 0.25) is 5.02 Å². The zero-order valence-electron chi connectivity index (χ0n) is 13.5. The molecule has 0 aliphatic carbocycles. The standard InChI is InChI=1S/C16H14ClFN2O5S/c1-26(23,24)20-12-4-2-3-10(7-12)16(22)25-9-15(21)19-14-6-5-11(18)8-13(14)17/h2-8,20H,9H2,1H3,(H,19,21). The van der Waals surface area contributed by atoms with E-state index >= 15 is 0 Å². The van der Waals surface area contributed by atoms with Crippen LogP contribution >= 0.6 is 11.6 Å². The molecule has 0 saturated carbocycles. The van der Waals surface area contributed by atoms with Gasteiger partial charge in [-0.3, -0.25) is 9.52 Å². The molecule has 2 aromatic rings. The first-order valence-corrected chi connectivity index (χ1v) is 9.41. The molecule has 26 heavy (non-hydrogen) atoms. The minimum Gasteiger partial charge on any atom is -0.452 e. The Morgan fingerprint density at radius 1 is 1.19 bits per heavy atom. The van der Waals surface area contributed by atoms with Crippen molar-refractivity contribution in [3.8, 4) is 0 Å². The van der Waals surface area contributed by atoms with E-state index < -0.39 is 34.3 Å². The molecule has 0 heterocycles. The van der Waals surface area contributed by atoms with Crippen LogP contribution < -0.4 is 10.0 Å². The first kappa shape index (κ1) is 19.7. The third-order valence-corrected chi connectivity index (χ3v) is 3.86. The second-order valence-corrected chi connectivity index (χ2v) is 7.36. The smallest absolute Gasteiger partial charge is 0.338 e. The fourth-order valence-corrected chi connectivity index (χ4v) is 2.68. The molecular weight excluding hydrogens is 387 g/mol. The van der Waals surface area contributed by atoms with E-state index in [1.807, 2.05) is 0 Å². The van der Waals surface area contributed by atoms with Crippen molar-refractivity contribution >= 4 is 44.9 Å². The van der Waals surface area contributed by atoms with Crippen molar-refractivity contribution in [1.29, 1.82) is 0 Å². The molecule has 1 amide bonds.